The highest BCUT2D eigenvalue weighted by atomic mass is 16.2. The molecule has 1 aliphatic rings. The lowest BCUT2D eigenvalue weighted by atomic mass is 9.96. The number of piperidine rings is 1. The number of carbonyl (C=O) groups is 2. The van der Waals surface area contributed by atoms with E-state index in [1.54, 1.807) is 4.90 Å². The lowest BCUT2D eigenvalue weighted by Crippen LogP contribution is -2.46. The molecule has 1 aromatic heterocycles. The van der Waals surface area contributed by atoms with E-state index in [0.717, 1.165) is 29.7 Å². The van der Waals surface area contributed by atoms with Crippen LogP contribution in [0.25, 0.3) is 21.8 Å². The van der Waals surface area contributed by atoms with Crippen molar-refractivity contribution in [3.05, 3.63) is 41.5 Å². The van der Waals surface area contributed by atoms with Crippen molar-refractivity contribution in [1.82, 2.24) is 9.47 Å². The molecule has 6 heteroatoms. The quantitative estimate of drug-likeness (QED) is 0.660. The largest absolute Gasteiger partial charge is 0.351 e. The maximum atomic E-state index is 13.1. The number of rotatable bonds is 3. The second-order valence-electron chi connectivity index (χ2n) is 8.68. The number of urea groups is 1. The van der Waals surface area contributed by atoms with Crippen molar-refractivity contribution in [2.24, 2.45) is 11.7 Å². The molecule has 1 saturated heterocycles. The van der Waals surface area contributed by atoms with Crippen LogP contribution in [0.1, 0.15) is 43.9 Å². The summed E-state index contributed by atoms with van der Waals surface area (Å²) in [7, 11) is 0. The van der Waals surface area contributed by atoms with Gasteiger partial charge in [0.2, 0.25) is 5.91 Å². The van der Waals surface area contributed by atoms with E-state index in [9.17, 15) is 9.59 Å². The fourth-order valence-corrected chi connectivity index (χ4v) is 4.88. The standard InChI is InChI=1S/C24H30N4O2/c1-14(2)28-19-10-6-5-9-18(19)21-16(4)22(15(3)12-20(21)28)26-23(29)17-8-7-11-27(13-17)24(25)30/h5-6,9-10,12,14,17H,7-8,11,13H2,1-4H3,(H2,25,30)(H,26,29). The Labute approximate surface area is 177 Å². The molecule has 30 heavy (non-hydrogen) atoms. The normalized spacial score (nSPS) is 17.1. The van der Waals surface area contributed by atoms with Gasteiger partial charge in [0.05, 0.1) is 11.4 Å². The van der Waals surface area contributed by atoms with Gasteiger partial charge in [-0.15, -0.1) is 0 Å². The summed E-state index contributed by atoms with van der Waals surface area (Å²) < 4.78 is 2.36. The molecule has 0 radical (unpaired) electrons. The number of aryl methyl sites for hydroxylation is 2. The number of likely N-dealkylation sites (tertiary alicyclic amines) is 1. The zero-order valence-corrected chi connectivity index (χ0v) is 18.2. The molecule has 4 rings (SSSR count). The van der Waals surface area contributed by atoms with E-state index in [2.05, 4.69) is 61.0 Å². The van der Waals surface area contributed by atoms with Crippen LogP contribution in [-0.2, 0) is 4.79 Å². The lowest BCUT2D eigenvalue weighted by molar-refractivity contribution is -0.121. The second kappa shape index (κ2) is 7.67. The predicted octanol–water partition coefficient (Wildman–Crippen LogP) is 4.72. The maximum absolute atomic E-state index is 13.1. The third kappa shape index (κ3) is 3.30. The van der Waals surface area contributed by atoms with Crippen molar-refractivity contribution in [2.75, 3.05) is 18.4 Å². The number of benzene rings is 2. The average Bonchev–Trinajstić information content (AvgIpc) is 3.05. The SMILES string of the molecule is Cc1cc2c(c(C)c1NC(=O)C1CCCN(C(N)=O)C1)c1ccccc1n2C(C)C. The summed E-state index contributed by atoms with van der Waals surface area (Å²) in [6, 6.07) is 10.5. The second-order valence-corrected chi connectivity index (χ2v) is 8.68. The lowest BCUT2D eigenvalue weighted by Gasteiger charge is -2.31. The highest BCUT2D eigenvalue weighted by Gasteiger charge is 2.28. The zero-order valence-electron chi connectivity index (χ0n) is 18.2. The Morgan fingerprint density at radius 3 is 2.60 bits per heavy atom. The molecule has 0 spiro atoms. The Balaban J connectivity index is 1.76. The predicted molar refractivity (Wildman–Crippen MR) is 122 cm³/mol. The van der Waals surface area contributed by atoms with E-state index < -0.39 is 6.03 Å². The molecule has 158 valence electrons. The van der Waals surface area contributed by atoms with Crippen molar-refractivity contribution < 1.29 is 9.59 Å². The number of hydrogen-bond donors (Lipinski definition) is 2. The van der Waals surface area contributed by atoms with Crippen LogP contribution in [0.3, 0.4) is 0 Å². The third-order valence-electron chi connectivity index (χ3n) is 6.31. The molecular formula is C24H30N4O2. The highest BCUT2D eigenvalue weighted by Crippen LogP contribution is 2.38. The minimum Gasteiger partial charge on any atom is -0.351 e. The van der Waals surface area contributed by atoms with Gasteiger partial charge in [-0.05, 0) is 63.8 Å². The summed E-state index contributed by atoms with van der Waals surface area (Å²) in [6.07, 6.45) is 1.56. The van der Waals surface area contributed by atoms with E-state index in [-0.39, 0.29) is 11.8 Å². The first-order valence-corrected chi connectivity index (χ1v) is 10.7. The molecule has 0 aliphatic carbocycles. The van der Waals surface area contributed by atoms with E-state index in [1.807, 2.05) is 6.92 Å². The summed E-state index contributed by atoms with van der Waals surface area (Å²) in [6.45, 7) is 9.52. The number of amides is 3. The Bertz CT molecular complexity index is 1150. The fraction of sp³-hybridized carbons (Fsp3) is 0.417. The van der Waals surface area contributed by atoms with Gasteiger partial charge < -0.3 is 20.5 Å². The monoisotopic (exact) mass is 406 g/mol. The van der Waals surface area contributed by atoms with Crippen LogP contribution in [0.2, 0.25) is 0 Å². The molecule has 3 amide bonds. The molecule has 1 unspecified atom stereocenters. The van der Waals surface area contributed by atoms with Crippen LogP contribution < -0.4 is 11.1 Å². The first-order valence-electron chi connectivity index (χ1n) is 10.7. The number of aromatic nitrogens is 1. The summed E-state index contributed by atoms with van der Waals surface area (Å²) in [5, 5.41) is 5.56. The van der Waals surface area contributed by atoms with Crippen molar-refractivity contribution in [2.45, 2.75) is 46.6 Å². The van der Waals surface area contributed by atoms with Crippen molar-refractivity contribution >= 4 is 39.4 Å². The molecule has 3 N–H and O–H groups in total. The van der Waals surface area contributed by atoms with Crippen LogP contribution in [0.4, 0.5) is 10.5 Å². The summed E-state index contributed by atoms with van der Waals surface area (Å²) in [5.74, 6) is -0.281. The fourth-order valence-electron chi connectivity index (χ4n) is 4.88. The van der Waals surface area contributed by atoms with E-state index in [0.29, 0.717) is 19.1 Å². The molecule has 6 nitrogen and oxygen atoms in total. The molecule has 1 aliphatic heterocycles. The average molecular weight is 407 g/mol. The van der Waals surface area contributed by atoms with Crippen LogP contribution in [0.5, 0.6) is 0 Å². The van der Waals surface area contributed by atoms with Gasteiger partial charge in [0, 0.05) is 41.1 Å². The number of nitrogens with two attached hydrogens (primary N) is 1. The summed E-state index contributed by atoms with van der Waals surface area (Å²) in [5.41, 5.74) is 10.8. The minimum absolute atomic E-state index is 0.0425. The number of hydrogen-bond acceptors (Lipinski definition) is 2. The van der Waals surface area contributed by atoms with Gasteiger partial charge in [0.15, 0.2) is 0 Å². The van der Waals surface area contributed by atoms with E-state index >= 15 is 0 Å². The number of primary amides is 1. The summed E-state index contributed by atoms with van der Waals surface area (Å²) >= 11 is 0. The Morgan fingerprint density at radius 1 is 1.17 bits per heavy atom. The third-order valence-corrected chi connectivity index (χ3v) is 6.31. The Hall–Kier alpha value is -3.02. The molecule has 0 saturated carbocycles. The van der Waals surface area contributed by atoms with Gasteiger partial charge >= 0.3 is 6.03 Å². The number of nitrogens with zero attached hydrogens (tertiary/aromatic N) is 2. The number of para-hydroxylation sites is 1. The summed E-state index contributed by atoms with van der Waals surface area (Å²) in [4.78, 5) is 26.2. The first-order chi connectivity index (χ1) is 14.3. The van der Waals surface area contributed by atoms with Crippen molar-refractivity contribution in [3.63, 3.8) is 0 Å². The Kier molecular flexibility index (Phi) is 5.18. The van der Waals surface area contributed by atoms with Crippen molar-refractivity contribution in [1.29, 1.82) is 0 Å². The smallest absolute Gasteiger partial charge is 0.314 e. The van der Waals surface area contributed by atoms with Crippen molar-refractivity contribution in [3.8, 4) is 0 Å². The topological polar surface area (TPSA) is 80.4 Å². The van der Waals surface area contributed by atoms with Gasteiger partial charge in [-0.25, -0.2) is 4.79 Å². The molecule has 1 fully saturated rings. The van der Waals surface area contributed by atoms with Gasteiger partial charge in [-0.2, -0.15) is 0 Å². The maximum Gasteiger partial charge on any atom is 0.314 e. The van der Waals surface area contributed by atoms with Gasteiger partial charge in [0.1, 0.15) is 0 Å². The zero-order chi connectivity index (χ0) is 21.6. The van der Waals surface area contributed by atoms with Gasteiger partial charge in [-0.1, -0.05) is 18.2 Å². The van der Waals surface area contributed by atoms with Crippen LogP contribution >= 0.6 is 0 Å². The van der Waals surface area contributed by atoms with Gasteiger partial charge in [0.25, 0.3) is 0 Å². The first kappa shape index (κ1) is 20.3. The molecule has 0 bridgehead atoms. The number of carbonyl (C=O) groups excluding carboxylic acids is 2. The molecule has 3 aromatic rings. The Morgan fingerprint density at radius 2 is 1.90 bits per heavy atom. The number of fused-ring (bicyclic) bond motifs is 3. The van der Waals surface area contributed by atoms with Crippen LogP contribution in [-0.4, -0.2) is 34.5 Å². The molecule has 1 atom stereocenters. The molecular weight excluding hydrogens is 376 g/mol. The minimum atomic E-state index is -0.456. The highest BCUT2D eigenvalue weighted by molar-refractivity contribution is 6.12. The molecule has 2 aromatic carbocycles. The van der Waals surface area contributed by atoms with E-state index in [4.69, 9.17) is 5.73 Å². The number of nitrogens with one attached hydrogen (secondary N) is 1. The van der Waals surface area contributed by atoms with Crippen LogP contribution in [0.15, 0.2) is 30.3 Å². The number of anilines is 1. The van der Waals surface area contributed by atoms with E-state index in [1.165, 1.54) is 21.8 Å². The molecule has 2 heterocycles. The van der Waals surface area contributed by atoms with Gasteiger partial charge in [-0.3, -0.25) is 4.79 Å². The van der Waals surface area contributed by atoms with Crippen LogP contribution in [0, 0.1) is 19.8 Å².